The molecule has 0 N–H and O–H groups in total. The molecule has 5 nitrogen and oxygen atoms in total. The zero-order valence-corrected chi connectivity index (χ0v) is 19.1. The summed E-state index contributed by atoms with van der Waals surface area (Å²) >= 11 is 0. The van der Waals surface area contributed by atoms with Crippen molar-refractivity contribution in [2.75, 3.05) is 7.11 Å². The molecule has 1 aromatic carbocycles. The van der Waals surface area contributed by atoms with E-state index in [1.807, 2.05) is 57.2 Å². The topological polar surface area (TPSA) is 64.4 Å². The number of carbonyl (C=O) groups excluding carboxylic acids is 1. The third-order valence-corrected chi connectivity index (χ3v) is 5.08. The van der Waals surface area contributed by atoms with E-state index in [1.54, 1.807) is 31.8 Å². The minimum atomic E-state index is -0.0947. The number of rotatable bonds is 7. The maximum Gasteiger partial charge on any atom is 0.164 e. The summed E-state index contributed by atoms with van der Waals surface area (Å²) in [5, 5.41) is 0.680. The highest BCUT2D eigenvalue weighted by Gasteiger charge is 2.20. The van der Waals surface area contributed by atoms with Crippen LogP contribution in [-0.2, 0) is 0 Å². The van der Waals surface area contributed by atoms with E-state index < -0.39 is 0 Å². The number of hydrogen-bond acceptors (Lipinski definition) is 5. The molecule has 3 rings (SSSR count). The molecule has 0 saturated heterocycles. The molecule has 2 aromatic heterocycles. The van der Waals surface area contributed by atoms with Gasteiger partial charge in [-0.15, -0.1) is 0 Å². The maximum absolute atomic E-state index is 12.4. The summed E-state index contributed by atoms with van der Waals surface area (Å²) in [6.45, 7) is 11.4. The van der Waals surface area contributed by atoms with Gasteiger partial charge in [-0.05, 0) is 51.0 Å². The van der Waals surface area contributed by atoms with Gasteiger partial charge in [-0.1, -0.05) is 42.5 Å². The number of ether oxygens (including phenoxy) is 1. The predicted molar refractivity (Wildman–Crippen MR) is 132 cm³/mol. The highest BCUT2D eigenvalue weighted by Crippen LogP contribution is 2.36. The SMILES string of the molecule is C=C/C(=C\C(N=CC)=C(C)C)c1ccc(-c2nc3ccncc3c(C(C)=O)c2OC)cc1. The number of carbonyl (C=O) groups is 1. The Bertz CT molecular complexity index is 1260. The van der Waals surface area contributed by atoms with Gasteiger partial charge in [0, 0.05) is 29.6 Å². The van der Waals surface area contributed by atoms with Crippen molar-refractivity contribution in [2.24, 2.45) is 4.99 Å². The van der Waals surface area contributed by atoms with Gasteiger partial charge in [-0.3, -0.25) is 14.8 Å². The fourth-order valence-electron chi connectivity index (χ4n) is 3.51. The lowest BCUT2D eigenvalue weighted by atomic mass is 9.98. The number of methoxy groups -OCH3 is 1. The first-order chi connectivity index (χ1) is 15.4. The van der Waals surface area contributed by atoms with Gasteiger partial charge in [-0.2, -0.15) is 0 Å². The average Bonchev–Trinajstić information content (AvgIpc) is 2.80. The van der Waals surface area contributed by atoms with Gasteiger partial charge in [0.25, 0.3) is 0 Å². The van der Waals surface area contributed by atoms with Crippen molar-refractivity contribution < 1.29 is 9.53 Å². The maximum atomic E-state index is 12.4. The molecule has 0 atom stereocenters. The molecule has 3 aromatic rings. The normalized spacial score (nSPS) is 11.6. The number of Topliss-reactive ketones (excluding diaryl/α,β-unsaturated/α-hetero) is 1. The summed E-state index contributed by atoms with van der Waals surface area (Å²) in [5.74, 6) is 0.358. The van der Waals surface area contributed by atoms with Crippen LogP contribution < -0.4 is 4.74 Å². The van der Waals surface area contributed by atoms with Gasteiger partial charge >= 0.3 is 0 Å². The summed E-state index contributed by atoms with van der Waals surface area (Å²) in [5.41, 5.74) is 6.65. The fraction of sp³-hybridized carbons (Fsp3) is 0.185. The van der Waals surface area contributed by atoms with Crippen molar-refractivity contribution in [1.29, 1.82) is 0 Å². The molecule has 5 heteroatoms. The molecular formula is C27H27N3O2. The highest BCUT2D eigenvalue weighted by molar-refractivity contribution is 6.10. The molecule has 0 radical (unpaired) electrons. The Kier molecular flexibility index (Phi) is 7.11. The summed E-state index contributed by atoms with van der Waals surface area (Å²) in [4.78, 5) is 25.8. The average molecular weight is 426 g/mol. The zero-order valence-electron chi connectivity index (χ0n) is 19.1. The van der Waals surface area contributed by atoms with Gasteiger partial charge in [0.05, 0.1) is 23.9 Å². The van der Waals surface area contributed by atoms with Crippen LogP contribution in [0, 0.1) is 0 Å². The molecule has 162 valence electrons. The molecule has 0 unspecified atom stereocenters. The number of hydrogen-bond donors (Lipinski definition) is 0. The molecule has 0 fully saturated rings. The van der Waals surface area contributed by atoms with E-state index in [2.05, 4.69) is 16.6 Å². The first-order valence-corrected chi connectivity index (χ1v) is 10.3. The molecular weight excluding hydrogens is 398 g/mol. The zero-order chi connectivity index (χ0) is 23.3. The van der Waals surface area contributed by atoms with Crippen LogP contribution in [-0.4, -0.2) is 29.1 Å². The number of aromatic nitrogens is 2. The third-order valence-electron chi connectivity index (χ3n) is 5.08. The Labute approximate surface area is 188 Å². The number of aliphatic imine (C=N–C) groups is 1. The Balaban J connectivity index is 2.14. The van der Waals surface area contributed by atoms with Gasteiger partial charge in [0.1, 0.15) is 5.69 Å². The molecule has 0 aliphatic carbocycles. The van der Waals surface area contributed by atoms with Crippen LogP contribution in [0.2, 0.25) is 0 Å². The molecule has 0 saturated carbocycles. The van der Waals surface area contributed by atoms with Gasteiger partial charge in [-0.25, -0.2) is 4.98 Å². The van der Waals surface area contributed by atoms with E-state index in [1.165, 1.54) is 6.92 Å². The second-order valence-corrected chi connectivity index (χ2v) is 7.47. The lowest BCUT2D eigenvalue weighted by Gasteiger charge is -2.14. The van der Waals surface area contributed by atoms with Crippen LogP contribution in [0.1, 0.15) is 43.6 Å². The molecule has 2 heterocycles. The lowest BCUT2D eigenvalue weighted by molar-refractivity contribution is 0.101. The van der Waals surface area contributed by atoms with E-state index >= 15 is 0 Å². The number of allylic oxidation sites excluding steroid dienone is 4. The molecule has 0 aliphatic heterocycles. The van der Waals surface area contributed by atoms with Crippen LogP contribution in [0.4, 0.5) is 0 Å². The molecule has 0 aliphatic rings. The first kappa shape index (κ1) is 22.8. The van der Waals surface area contributed by atoms with Crippen molar-refractivity contribution in [3.63, 3.8) is 0 Å². The Morgan fingerprint density at radius 1 is 1.12 bits per heavy atom. The number of fused-ring (bicyclic) bond motifs is 1. The Morgan fingerprint density at radius 2 is 1.84 bits per heavy atom. The van der Waals surface area contributed by atoms with E-state index in [4.69, 9.17) is 9.72 Å². The van der Waals surface area contributed by atoms with Crippen LogP contribution in [0.3, 0.4) is 0 Å². The minimum absolute atomic E-state index is 0.0947. The van der Waals surface area contributed by atoms with Crippen molar-refractivity contribution in [1.82, 2.24) is 9.97 Å². The van der Waals surface area contributed by atoms with Crippen LogP contribution in [0.5, 0.6) is 5.75 Å². The largest absolute Gasteiger partial charge is 0.494 e. The smallest absolute Gasteiger partial charge is 0.164 e. The minimum Gasteiger partial charge on any atom is -0.494 e. The Hall–Kier alpha value is -3.86. The number of ketones is 1. The molecule has 0 amide bonds. The van der Waals surface area contributed by atoms with Crippen molar-refractivity contribution in [2.45, 2.75) is 27.7 Å². The second kappa shape index (κ2) is 9.96. The second-order valence-electron chi connectivity index (χ2n) is 7.47. The molecule has 32 heavy (non-hydrogen) atoms. The molecule has 0 bridgehead atoms. The number of nitrogens with zero attached hydrogens (tertiary/aromatic N) is 3. The first-order valence-electron chi connectivity index (χ1n) is 10.3. The third kappa shape index (κ3) is 4.57. The monoisotopic (exact) mass is 425 g/mol. The summed E-state index contributed by atoms with van der Waals surface area (Å²) in [6, 6.07) is 9.76. The predicted octanol–water partition coefficient (Wildman–Crippen LogP) is 6.46. The van der Waals surface area contributed by atoms with Gasteiger partial charge in [0.15, 0.2) is 11.5 Å². The highest BCUT2D eigenvalue weighted by atomic mass is 16.5. The van der Waals surface area contributed by atoms with Crippen molar-refractivity contribution in [3.05, 3.63) is 83.9 Å². The molecule has 0 spiro atoms. The van der Waals surface area contributed by atoms with E-state index in [0.717, 1.165) is 28.0 Å². The van der Waals surface area contributed by atoms with Crippen molar-refractivity contribution >= 4 is 28.5 Å². The van der Waals surface area contributed by atoms with Crippen LogP contribution in [0.25, 0.3) is 27.7 Å². The van der Waals surface area contributed by atoms with Crippen LogP contribution >= 0.6 is 0 Å². The standard InChI is InChI=1S/C27H27N3O2/c1-7-19(15-24(17(3)4)29-8-2)20-9-11-21(12-10-20)26-27(32-6)25(18(5)31)22-16-28-14-13-23(22)30-26/h7-16H,1H2,2-6H3/b19-15+,29-8?. The van der Waals surface area contributed by atoms with Crippen LogP contribution in [0.15, 0.2) is 77.7 Å². The fourth-order valence-corrected chi connectivity index (χ4v) is 3.51. The van der Waals surface area contributed by atoms with Gasteiger partial charge < -0.3 is 4.74 Å². The summed E-state index contributed by atoms with van der Waals surface area (Å²) in [6.07, 6.45) is 8.93. The summed E-state index contributed by atoms with van der Waals surface area (Å²) in [7, 11) is 1.55. The lowest BCUT2D eigenvalue weighted by Crippen LogP contribution is -2.03. The quantitative estimate of drug-likeness (QED) is 0.247. The summed E-state index contributed by atoms with van der Waals surface area (Å²) < 4.78 is 5.64. The van der Waals surface area contributed by atoms with E-state index in [0.29, 0.717) is 27.9 Å². The Morgan fingerprint density at radius 3 is 2.41 bits per heavy atom. The van der Waals surface area contributed by atoms with E-state index in [-0.39, 0.29) is 5.78 Å². The van der Waals surface area contributed by atoms with Crippen molar-refractivity contribution in [3.8, 4) is 17.0 Å². The van der Waals surface area contributed by atoms with Gasteiger partial charge in [0.2, 0.25) is 0 Å². The number of benzene rings is 1. The number of pyridine rings is 2. The van der Waals surface area contributed by atoms with E-state index in [9.17, 15) is 4.79 Å².